The molecule has 0 saturated heterocycles. The number of benzene rings is 2. The van der Waals surface area contributed by atoms with E-state index in [0.717, 1.165) is 12.8 Å². The highest BCUT2D eigenvalue weighted by atomic mass is 14.0. The van der Waals surface area contributed by atoms with Crippen LogP contribution in [-0.4, -0.2) is 0 Å². The summed E-state index contributed by atoms with van der Waals surface area (Å²) in [6, 6.07) is 20.2. The Labute approximate surface area is 91.6 Å². The van der Waals surface area contributed by atoms with Crippen molar-refractivity contribution >= 4 is 0 Å². The fraction of sp³-hybridized carbons (Fsp3) is 0.200. The second-order valence-electron chi connectivity index (χ2n) is 3.73. The maximum atomic E-state index is 3.25. The third-order valence-corrected chi connectivity index (χ3v) is 2.60. The average Bonchev–Trinajstić information content (AvgIpc) is 2.31. The molecule has 75 valence electrons. The molecule has 0 heteroatoms. The molecule has 0 amide bonds. The molecule has 0 aliphatic rings. The number of rotatable bonds is 3. The molecule has 0 nitrogen and oxygen atoms in total. The molecule has 1 radical (unpaired) electrons. The second kappa shape index (κ2) is 4.79. The van der Waals surface area contributed by atoms with Crippen molar-refractivity contribution in [2.45, 2.75) is 19.8 Å². The fourth-order valence-corrected chi connectivity index (χ4v) is 1.65. The van der Waals surface area contributed by atoms with Gasteiger partial charge in [0.15, 0.2) is 0 Å². The van der Waals surface area contributed by atoms with Gasteiger partial charge in [0.05, 0.1) is 0 Å². The van der Waals surface area contributed by atoms with Gasteiger partial charge >= 0.3 is 0 Å². The molecule has 0 bridgehead atoms. The minimum Gasteiger partial charge on any atom is -0.0619 e. The Morgan fingerprint density at radius 3 is 2.27 bits per heavy atom. The van der Waals surface area contributed by atoms with E-state index in [9.17, 15) is 0 Å². The van der Waals surface area contributed by atoms with Gasteiger partial charge in [-0.25, -0.2) is 0 Å². The van der Waals surface area contributed by atoms with Crippen LogP contribution in [0.4, 0.5) is 0 Å². The summed E-state index contributed by atoms with van der Waals surface area (Å²) in [7, 11) is 0. The van der Waals surface area contributed by atoms with Gasteiger partial charge in [-0.05, 0) is 35.6 Å². The number of hydrogen-bond donors (Lipinski definition) is 0. The van der Waals surface area contributed by atoms with E-state index in [1.807, 2.05) is 12.1 Å². The maximum Gasteiger partial charge on any atom is -0.00196 e. The third kappa shape index (κ3) is 2.69. The predicted molar refractivity (Wildman–Crippen MR) is 63.9 cm³/mol. The smallest absolute Gasteiger partial charge is 0.00196 e. The summed E-state index contributed by atoms with van der Waals surface area (Å²) in [6.07, 6.45) is 2.09. The van der Waals surface area contributed by atoms with Crippen LogP contribution < -0.4 is 0 Å². The normalized spacial score (nSPS) is 10.2. The van der Waals surface area contributed by atoms with Gasteiger partial charge in [-0.2, -0.15) is 0 Å². The molecule has 2 aromatic carbocycles. The largest absolute Gasteiger partial charge is 0.0619 e. The summed E-state index contributed by atoms with van der Waals surface area (Å²) in [5.41, 5.74) is 4.01. The Kier molecular flexibility index (Phi) is 3.18. The van der Waals surface area contributed by atoms with Crippen molar-refractivity contribution in [2.75, 3.05) is 0 Å². The van der Waals surface area contributed by atoms with Gasteiger partial charge in [0, 0.05) is 0 Å². The molecule has 15 heavy (non-hydrogen) atoms. The molecule has 0 unspecified atom stereocenters. The molecule has 0 heterocycles. The topological polar surface area (TPSA) is 0 Å². The number of hydrogen-bond acceptors (Lipinski definition) is 0. The minimum atomic E-state index is 0.977. The van der Waals surface area contributed by atoms with Gasteiger partial charge in [0.2, 0.25) is 0 Å². The van der Waals surface area contributed by atoms with E-state index in [-0.39, 0.29) is 0 Å². The molecule has 0 aromatic heterocycles. The lowest BCUT2D eigenvalue weighted by Crippen LogP contribution is -1.88. The van der Waals surface area contributed by atoms with E-state index < -0.39 is 0 Å². The van der Waals surface area contributed by atoms with Crippen LogP contribution in [0.25, 0.3) is 0 Å². The molecular weight excluding hydrogens is 180 g/mol. The van der Waals surface area contributed by atoms with Crippen LogP contribution in [0, 0.1) is 6.07 Å². The Morgan fingerprint density at radius 1 is 0.933 bits per heavy atom. The van der Waals surface area contributed by atoms with Crippen molar-refractivity contribution in [3.63, 3.8) is 0 Å². The first kappa shape index (κ1) is 9.97. The molecule has 0 fully saturated rings. The van der Waals surface area contributed by atoms with E-state index in [4.69, 9.17) is 0 Å². The summed E-state index contributed by atoms with van der Waals surface area (Å²) in [6.45, 7) is 2.18. The van der Waals surface area contributed by atoms with Crippen LogP contribution >= 0.6 is 0 Å². The summed E-state index contributed by atoms with van der Waals surface area (Å²) in [5, 5.41) is 0. The van der Waals surface area contributed by atoms with Crippen molar-refractivity contribution in [1.82, 2.24) is 0 Å². The molecule has 0 atom stereocenters. The predicted octanol–water partition coefficient (Wildman–Crippen LogP) is 3.64. The second-order valence-corrected chi connectivity index (χ2v) is 3.73. The highest BCUT2D eigenvalue weighted by molar-refractivity contribution is 5.28. The van der Waals surface area contributed by atoms with E-state index in [2.05, 4.69) is 49.4 Å². The van der Waals surface area contributed by atoms with Gasteiger partial charge in [-0.3, -0.25) is 0 Å². The summed E-state index contributed by atoms with van der Waals surface area (Å²) >= 11 is 0. The Balaban J connectivity index is 2.11. The molecule has 0 saturated carbocycles. The van der Waals surface area contributed by atoms with Crippen LogP contribution in [0.1, 0.15) is 23.6 Å². The maximum absolute atomic E-state index is 3.25. The summed E-state index contributed by atoms with van der Waals surface area (Å²) in [4.78, 5) is 0. The van der Waals surface area contributed by atoms with Gasteiger partial charge in [0.1, 0.15) is 0 Å². The lowest BCUT2D eigenvalue weighted by molar-refractivity contribution is 1.12. The first-order chi connectivity index (χ1) is 7.38. The quantitative estimate of drug-likeness (QED) is 0.701. The Hall–Kier alpha value is -1.56. The summed E-state index contributed by atoms with van der Waals surface area (Å²) in [5.74, 6) is 0. The van der Waals surface area contributed by atoms with Crippen molar-refractivity contribution in [3.8, 4) is 0 Å². The van der Waals surface area contributed by atoms with Crippen molar-refractivity contribution in [3.05, 3.63) is 71.3 Å². The minimum absolute atomic E-state index is 0.977. The summed E-state index contributed by atoms with van der Waals surface area (Å²) < 4.78 is 0. The molecule has 0 aliphatic heterocycles. The van der Waals surface area contributed by atoms with Crippen LogP contribution in [0.2, 0.25) is 0 Å². The van der Waals surface area contributed by atoms with Crippen molar-refractivity contribution in [2.24, 2.45) is 0 Å². The number of aryl methyl sites for hydroxylation is 1. The van der Waals surface area contributed by atoms with E-state index >= 15 is 0 Å². The fourth-order valence-electron chi connectivity index (χ4n) is 1.65. The Morgan fingerprint density at radius 2 is 1.67 bits per heavy atom. The van der Waals surface area contributed by atoms with Crippen LogP contribution in [0.3, 0.4) is 0 Å². The standard InChI is InChI=1S/C15H15/c1-2-13-8-10-15(11-9-13)12-14-6-4-3-5-7-14/h3-6,8-11H,2,12H2,1H3. The van der Waals surface area contributed by atoms with Gasteiger partial charge < -0.3 is 0 Å². The van der Waals surface area contributed by atoms with E-state index in [0.29, 0.717) is 0 Å². The Bertz CT molecular complexity index is 398. The highest BCUT2D eigenvalue weighted by Crippen LogP contribution is 2.10. The molecule has 0 N–H and O–H groups in total. The average molecular weight is 195 g/mol. The monoisotopic (exact) mass is 195 g/mol. The lowest BCUT2D eigenvalue weighted by atomic mass is 10.0. The molecule has 2 rings (SSSR count). The van der Waals surface area contributed by atoms with Crippen LogP contribution in [-0.2, 0) is 12.8 Å². The SMILES string of the molecule is CCc1ccc(Cc2[c]cccc2)cc1. The zero-order chi connectivity index (χ0) is 10.5. The first-order valence-corrected chi connectivity index (χ1v) is 5.42. The zero-order valence-electron chi connectivity index (χ0n) is 9.03. The highest BCUT2D eigenvalue weighted by Gasteiger charge is 1.95. The van der Waals surface area contributed by atoms with Gasteiger partial charge in [0.25, 0.3) is 0 Å². The molecule has 2 aromatic rings. The van der Waals surface area contributed by atoms with E-state index in [1.54, 1.807) is 0 Å². The van der Waals surface area contributed by atoms with Gasteiger partial charge in [-0.15, -0.1) is 0 Å². The third-order valence-electron chi connectivity index (χ3n) is 2.60. The molecule has 0 spiro atoms. The lowest BCUT2D eigenvalue weighted by Gasteiger charge is -2.02. The first-order valence-electron chi connectivity index (χ1n) is 5.42. The van der Waals surface area contributed by atoms with Crippen molar-refractivity contribution < 1.29 is 0 Å². The van der Waals surface area contributed by atoms with E-state index in [1.165, 1.54) is 16.7 Å². The zero-order valence-corrected chi connectivity index (χ0v) is 9.03. The van der Waals surface area contributed by atoms with Gasteiger partial charge in [-0.1, -0.05) is 55.5 Å². The molecule has 0 aliphatic carbocycles. The van der Waals surface area contributed by atoms with Crippen molar-refractivity contribution in [1.29, 1.82) is 0 Å². The van der Waals surface area contributed by atoms with Crippen LogP contribution in [0.15, 0.2) is 48.5 Å². The van der Waals surface area contributed by atoms with Crippen LogP contribution in [0.5, 0.6) is 0 Å². The molecular formula is C15H15.